The van der Waals surface area contributed by atoms with E-state index in [1.54, 1.807) is 0 Å². The maximum Gasteiger partial charge on any atom is 0.312 e. The Hall–Kier alpha value is -0.650. The molecule has 0 amide bonds. The molecule has 2 unspecified atom stereocenters. The van der Waals surface area contributed by atoms with E-state index in [4.69, 9.17) is 0 Å². The minimum Gasteiger partial charge on any atom is -0.469 e. The highest BCUT2D eigenvalue weighted by Crippen LogP contribution is 2.22. The summed E-state index contributed by atoms with van der Waals surface area (Å²) in [7, 11) is -2.26. The van der Waals surface area contributed by atoms with Gasteiger partial charge in [-0.3, -0.25) is 4.79 Å². The molecule has 6 heteroatoms. The molecule has 0 saturated carbocycles. The molecule has 0 aromatic heterocycles. The third-order valence-electron chi connectivity index (χ3n) is 1.79. The van der Waals surface area contributed by atoms with Crippen molar-refractivity contribution in [2.24, 2.45) is 5.92 Å². The summed E-state index contributed by atoms with van der Waals surface area (Å²) in [6.45, 7) is 0. The maximum absolute atomic E-state index is 12.8. The van der Waals surface area contributed by atoms with Gasteiger partial charge in [-0.2, -0.15) is 0 Å². The number of rotatable bonds is 1. The quantitative estimate of drug-likeness (QED) is 0.532. The van der Waals surface area contributed by atoms with Gasteiger partial charge in [-0.15, -0.1) is 0 Å². The number of hydrogen-bond donors (Lipinski definition) is 0. The van der Waals surface area contributed by atoms with Gasteiger partial charge in [0, 0.05) is 0 Å². The maximum atomic E-state index is 12.8. The van der Waals surface area contributed by atoms with Crippen molar-refractivity contribution in [3.05, 3.63) is 0 Å². The number of esters is 1. The Labute approximate surface area is 69.6 Å². The van der Waals surface area contributed by atoms with E-state index >= 15 is 0 Å². The number of halogens is 1. The van der Waals surface area contributed by atoms with Gasteiger partial charge in [-0.05, 0) is 0 Å². The lowest BCUT2D eigenvalue weighted by Gasteiger charge is -2.06. The molecule has 1 heterocycles. The Morgan fingerprint density at radius 3 is 2.42 bits per heavy atom. The van der Waals surface area contributed by atoms with Crippen LogP contribution in [0.4, 0.5) is 4.39 Å². The van der Waals surface area contributed by atoms with Crippen LogP contribution in [0.2, 0.25) is 0 Å². The van der Waals surface area contributed by atoms with Crippen LogP contribution >= 0.6 is 0 Å². The summed E-state index contributed by atoms with van der Waals surface area (Å²) >= 11 is 0. The van der Waals surface area contributed by atoms with Crippen molar-refractivity contribution in [2.75, 3.05) is 18.6 Å². The first kappa shape index (κ1) is 9.44. The van der Waals surface area contributed by atoms with E-state index in [0.717, 1.165) is 7.11 Å². The Bertz CT molecular complexity index is 284. The van der Waals surface area contributed by atoms with Crippen LogP contribution in [0, 0.1) is 5.92 Å². The van der Waals surface area contributed by atoms with Crippen molar-refractivity contribution in [2.45, 2.75) is 6.17 Å². The minimum atomic E-state index is -3.38. The standard InChI is InChI=1S/C6H9FO4S/c1-11-6(8)4-2-12(9,10)3-5(4)7/h4-5H,2-3H2,1H3. The van der Waals surface area contributed by atoms with E-state index in [1.807, 2.05) is 0 Å². The second-order valence-electron chi connectivity index (χ2n) is 2.72. The number of alkyl halides is 1. The molecule has 12 heavy (non-hydrogen) atoms. The molecular formula is C6H9FO4S. The molecule has 1 aliphatic rings. The molecule has 0 radical (unpaired) electrons. The van der Waals surface area contributed by atoms with Crippen molar-refractivity contribution in [3.8, 4) is 0 Å². The first-order chi connectivity index (χ1) is 5.46. The number of carbonyl (C=O) groups is 1. The Morgan fingerprint density at radius 2 is 2.08 bits per heavy atom. The third-order valence-corrected chi connectivity index (χ3v) is 3.48. The molecule has 1 saturated heterocycles. The lowest BCUT2D eigenvalue weighted by Crippen LogP contribution is -2.24. The average Bonchev–Trinajstić information content (AvgIpc) is 2.23. The molecule has 70 valence electrons. The fraction of sp³-hybridized carbons (Fsp3) is 0.833. The fourth-order valence-electron chi connectivity index (χ4n) is 1.17. The van der Waals surface area contributed by atoms with Gasteiger partial charge in [0.15, 0.2) is 9.84 Å². The second-order valence-corrected chi connectivity index (χ2v) is 4.88. The number of hydrogen-bond acceptors (Lipinski definition) is 4. The van der Waals surface area contributed by atoms with Crippen LogP contribution in [-0.2, 0) is 19.4 Å². The molecule has 4 nitrogen and oxygen atoms in total. The van der Waals surface area contributed by atoms with Crippen LogP contribution in [0.1, 0.15) is 0 Å². The van der Waals surface area contributed by atoms with E-state index in [-0.39, 0.29) is 0 Å². The van der Waals surface area contributed by atoms with Crippen molar-refractivity contribution in [3.63, 3.8) is 0 Å². The van der Waals surface area contributed by atoms with Crippen LogP contribution in [0.15, 0.2) is 0 Å². The number of sulfone groups is 1. The molecular weight excluding hydrogens is 187 g/mol. The first-order valence-corrected chi connectivity index (χ1v) is 5.21. The van der Waals surface area contributed by atoms with Gasteiger partial charge in [-0.25, -0.2) is 12.8 Å². The predicted molar refractivity (Wildman–Crippen MR) is 39.1 cm³/mol. The normalized spacial score (nSPS) is 33.2. The third kappa shape index (κ3) is 1.74. The molecule has 0 aromatic rings. The van der Waals surface area contributed by atoms with E-state index in [1.165, 1.54) is 0 Å². The summed E-state index contributed by atoms with van der Waals surface area (Å²) in [5.41, 5.74) is 0. The molecule has 0 bridgehead atoms. The van der Waals surface area contributed by atoms with E-state index in [9.17, 15) is 17.6 Å². The fourth-order valence-corrected chi connectivity index (χ4v) is 2.92. The highest BCUT2D eigenvalue weighted by atomic mass is 32.2. The molecule has 1 aliphatic heterocycles. The SMILES string of the molecule is COC(=O)C1CS(=O)(=O)CC1F. The second kappa shape index (κ2) is 3.01. The van der Waals surface area contributed by atoms with Gasteiger partial charge in [0.25, 0.3) is 0 Å². The van der Waals surface area contributed by atoms with Gasteiger partial charge in [0.05, 0.1) is 18.6 Å². The van der Waals surface area contributed by atoms with Crippen molar-refractivity contribution >= 4 is 15.8 Å². The topological polar surface area (TPSA) is 60.4 Å². The number of ether oxygens (including phenoxy) is 1. The molecule has 0 N–H and O–H groups in total. The Balaban J connectivity index is 2.77. The zero-order valence-electron chi connectivity index (χ0n) is 6.49. The zero-order valence-corrected chi connectivity index (χ0v) is 7.30. The lowest BCUT2D eigenvalue weighted by atomic mass is 10.1. The largest absolute Gasteiger partial charge is 0.469 e. The van der Waals surface area contributed by atoms with Crippen LogP contribution in [0.25, 0.3) is 0 Å². The summed E-state index contributed by atoms with van der Waals surface area (Å²) < 4.78 is 38.7. The van der Waals surface area contributed by atoms with Gasteiger partial charge in [-0.1, -0.05) is 0 Å². The summed E-state index contributed by atoms with van der Waals surface area (Å²) in [4.78, 5) is 10.8. The van der Waals surface area contributed by atoms with Crippen LogP contribution < -0.4 is 0 Å². The van der Waals surface area contributed by atoms with Gasteiger partial charge >= 0.3 is 5.97 Å². The summed E-state index contributed by atoms with van der Waals surface area (Å²) in [6.07, 6.45) is -1.61. The molecule has 2 atom stereocenters. The summed E-state index contributed by atoms with van der Waals surface area (Å²) in [5, 5.41) is 0. The monoisotopic (exact) mass is 196 g/mol. The minimum absolute atomic E-state index is 0.430. The molecule has 0 aromatic carbocycles. The number of methoxy groups -OCH3 is 1. The lowest BCUT2D eigenvalue weighted by molar-refractivity contribution is -0.146. The van der Waals surface area contributed by atoms with E-state index < -0.39 is 39.4 Å². The van der Waals surface area contributed by atoms with E-state index in [0.29, 0.717) is 0 Å². The highest BCUT2D eigenvalue weighted by molar-refractivity contribution is 7.91. The Kier molecular flexibility index (Phi) is 2.36. The molecule has 1 fully saturated rings. The number of carbonyl (C=O) groups excluding carboxylic acids is 1. The van der Waals surface area contributed by atoms with E-state index in [2.05, 4.69) is 4.74 Å². The predicted octanol–water partition coefficient (Wildman–Crippen LogP) is -0.458. The Morgan fingerprint density at radius 1 is 1.50 bits per heavy atom. The molecule has 0 spiro atoms. The van der Waals surface area contributed by atoms with Crippen LogP contribution in [0.3, 0.4) is 0 Å². The first-order valence-electron chi connectivity index (χ1n) is 3.38. The zero-order chi connectivity index (χ0) is 9.35. The van der Waals surface area contributed by atoms with Crippen LogP contribution in [-0.4, -0.2) is 39.2 Å². The summed E-state index contributed by atoms with van der Waals surface area (Å²) in [5.74, 6) is -2.91. The van der Waals surface area contributed by atoms with Gasteiger partial charge in [0.1, 0.15) is 12.1 Å². The molecule has 1 rings (SSSR count). The smallest absolute Gasteiger partial charge is 0.312 e. The summed E-state index contributed by atoms with van der Waals surface area (Å²) in [6, 6.07) is 0. The van der Waals surface area contributed by atoms with Gasteiger partial charge < -0.3 is 4.74 Å². The van der Waals surface area contributed by atoms with Gasteiger partial charge in [0.2, 0.25) is 0 Å². The van der Waals surface area contributed by atoms with Crippen molar-refractivity contribution in [1.29, 1.82) is 0 Å². The van der Waals surface area contributed by atoms with Crippen molar-refractivity contribution < 1.29 is 22.3 Å². The highest BCUT2D eigenvalue weighted by Gasteiger charge is 2.42. The van der Waals surface area contributed by atoms with Crippen molar-refractivity contribution in [1.82, 2.24) is 0 Å². The molecule has 0 aliphatic carbocycles. The van der Waals surface area contributed by atoms with Crippen LogP contribution in [0.5, 0.6) is 0 Å². The average molecular weight is 196 g/mol.